The topological polar surface area (TPSA) is 12.0 Å². The number of likely N-dealkylation sites (N-methyl/N-ethyl adjacent to an activating group) is 1. The molecule has 0 bridgehead atoms. The number of nitrogens with one attached hydrogen (secondary N) is 1. The molecular weight excluding hydrogens is 196 g/mol. The smallest absolute Gasteiger partial charge is 0.166 e. The third-order valence-corrected chi connectivity index (χ3v) is 2.20. The Morgan fingerprint density at radius 1 is 1.40 bits per heavy atom. The van der Waals surface area contributed by atoms with Crippen LogP contribution >= 0.6 is 0 Å². The number of rotatable bonds is 4. The van der Waals surface area contributed by atoms with Crippen LogP contribution in [0.2, 0.25) is 0 Å². The van der Waals surface area contributed by atoms with Crippen molar-refractivity contribution in [1.29, 1.82) is 0 Å². The zero-order valence-electron chi connectivity index (χ0n) is 8.98. The molecule has 1 nitrogen and oxygen atoms in total. The zero-order valence-corrected chi connectivity index (χ0v) is 8.98. The molecular formula is C12H15F2N. The lowest BCUT2D eigenvalue weighted by Crippen LogP contribution is -2.09. The molecule has 0 saturated carbocycles. The van der Waals surface area contributed by atoms with Gasteiger partial charge in [0, 0.05) is 12.1 Å². The van der Waals surface area contributed by atoms with Crippen LogP contribution in [0.4, 0.5) is 8.78 Å². The van der Waals surface area contributed by atoms with Gasteiger partial charge in [-0.05, 0) is 19.5 Å². The fourth-order valence-electron chi connectivity index (χ4n) is 1.36. The number of halogens is 2. The van der Waals surface area contributed by atoms with Crippen LogP contribution in [0, 0.1) is 11.6 Å². The summed E-state index contributed by atoms with van der Waals surface area (Å²) < 4.78 is 26.2. The molecule has 0 saturated heterocycles. The van der Waals surface area contributed by atoms with Gasteiger partial charge >= 0.3 is 0 Å². The van der Waals surface area contributed by atoms with E-state index in [1.54, 1.807) is 12.1 Å². The Labute approximate surface area is 88.8 Å². The van der Waals surface area contributed by atoms with Gasteiger partial charge in [0.15, 0.2) is 11.6 Å². The molecule has 1 aromatic rings. The Bertz CT molecular complexity index is 359. The SMILES string of the molecule is CCC(=Cc1cccc(F)c1F)CNC. The van der Waals surface area contributed by atoms with Crippen LogP contribution in [-0.2, 0) is 0 Å². The van der Waals surface area contributed by atoms with E-state index in [-0.39, 0.29) is 0 Å². The van der Waals surface area contributed by atoms with Gasteiger partial charge < -0.3 is 5.32 Å². The van der Waals surface area contributed by atoms with Gasteiger partial charge in [-0.1, -0.05) is 30.7 Å². The minimum absolute atomic E-state index is 0.308. The van der Waals surface area contributed by atoms with Crippen LogP contribution in [-0.4, -0.2) is 13.6 Å². The molecule has 0 amide bonds. The molecule has 0 fully saturated rings. The Hall–Kier alpha value is -1.22. The van der Waals surface area contributed by atoms with Crippen molar-refractivity contribution in [2.24, 2.45) is 0 Å². The fraction of sp³-hybridized carbons (Fsp3) is 0.333. The van der Waals surface area contributed by atoms with Crippen molar-refractivity contribution < 1.29 is 8.78 Å². The van der Waals surface area contributed by atoms with Crippen LogP contribution in [0.3, 0.4) is 0 Å². The first-order chi connectivity index (χ1) is 7.19. The second kappa shape index (κ2) is 5.61. The highest BCUT2D eigenvalue weighted by Crippen LogP contribution is 2.15. The lowest BCUT2D eigenvalue weighted by Gasteiger charge is -2.04. The van der Waals surface area contributed by atoms with Crippen molar-refractivity contribution in [2.45, 2.75) is 13.3 Å². The lowest BCUT2D eigenvalue weighted by molar-refractivity contribution is 0.507. The quantitative estimate of drug-likeness (QED) is 0.807. The summed E-state index contributed by atoms with van der Waals surface area (Å²) in [6.07, 6.45) is 2.51. The predicted molar refractivity (Wildman–Crippen MR) is 58.6 cm³/mol. The third-order valence-electron chi connectivity index (χ3n) is 2.20. The van der Waals surface area contributed by atoms with E-state index in [0.29, 0.717) is 12.1 Å². The van der Waals surface area contributed by atoms with E-state index in [0.717, 1.165) is 18.1 Å². The average Bonchev–Trinajstić information content (AvgIpc) is 2.24. The summed E-state index contributed by atoms with van der Waals surface area (Å²) in [7, 11) is 1.82. The molecule has 0 heterocycles. The van der Waals surface area contributed by atoms with E-state index < -0.39 is 11.6 Å². The van der Waals surface area contributed by atoms with E-state index in [9.17, 15) is 8.78 Å². The van der Waals surface area contributed by atoms with Gasteiger partial charge in [0.2, 0.25) is 0 Å². The molecule has 3 heteroatoms. The molecule has 0 spiro atoms. The maximum absolute atomic E-state index is 13.3. The molecule has 1 aromatic carbocycles. The van der Waals surface area contributed by atoms with Gasteiger partial charge in [-0.2, -0.15) is 0 Å². The summed E-state index contributed by atoms with van der Waals surface area (Å²) in [5, 5.41) is 2.99. The fourth-order valence-corrected chi connectivity index (χ4v) is 1.36. The van der Waals surface area contributed by atoms with Gasteiger partial charge in [-0.3, -0.25) is 0 Å². The molecule has 0 aromatic heterocycles. The highest BCUT2D eigenvalue weighted by Gasteiger charge is 2.05. The highest BCUT2D eigenvalue weighted by molar-refractivity contribution is 5.53. The Balaban J connectivity index is 3.00. The van der Waals surface area contributed by atoms with E-state index in [1.807, 2.05) is 14.0 Å². The van der Waals surface area contributed by atoms with Crippen molar-refractivity contribution in [3.63, 3.8) is 0 Å². The van der Waals surface area contributed by atoms with Gasteiger partial charge in [-0.15, -0.1) is 0 Å². The molecule has 1 N–H and O–H groups in total. The summed E-state index contributed by atoms with van der Waals surface area (Å²) in [4.78, 5) is 0. The normalized spacial score (nSPS) is 11.9. The summed E-state index contributed by atoms with van der Waals surface area (Å²) in [6, 6.07) is 4.21. The third kappa shape index (κ3) is 3.13. The summed E-state index contributed by atoms with van der Waals surface area (Å²) in [5.74, 6) is -1.58. The van der Waals surface area contributed by atoms with Crippen molar-refractivity contribution in [3.8, 4) is 0 Å². The molecule has 0 unspecified atom stereocenters. The first-order valence-corrected chi connectivity index (χ1v) is 4.97. The predicted octanol–water partition coefficient (Wildman–Crippen LogP) is 2.98. The van der Waals surface area contributed by atoms with Gasteiger partial charge in [0.1, 0.15) is 0 Å². The molecule has 0 atom stereocenters. The van der Waals surface area contributed by atoms with Gasteiger partial charge in [0.05, 0.1) is 0 Å². The first kappa shape index (κ1) is 11.9. The summed E-state index contributed by atoms with van der Waals surface area (Å²) in [6.45, 7) is 2.67. The maximum atomic E-state index is 13.3. The number of hydrogen-bond acceptors (Lipinski definition) is 1. The largest absolute Gasteiger partial charge is 0.316 e. The van der Waals surface area contributed by atoms with Crippen LogP contribution in [0.1, 0.15) is 18.9 Å². The molecule has 0 aliphatic heterocycles. The molecule has 15 heavy (non-hydrogen) atoms. The van der Waals surface area contributed by atoms with Crippen molar-refractivity contribution in [2.75, 3.05) is 13.6 Å². The summed E-state index contributed by atoms with van der Waals surface area (Å²) in [5.41, 5.74) is 1.35. The Morgan fingerprint density at radius 3 is 2.73 bits per heavy atom. The van der Waals surface area contributed by atoms with Crippen molar-refractivity contribution in [3.05, 3.63) is 41.0 Å². The van der Waals surface area contributed by atoms with Crippen LogP contribution < -0.4 is 5.32 Å². The zero-order chi connectivity index (χ0) is 11.3. The van der Waals surface area contributed by atoms with E-state index in [4.69, 9.17) is 0 Å². The summed E-state index contributed by atoms with van der Waals surface area (Å²) >= 11 is 0. The minimum atomic E-state index is -0.802. The van der Waals surface area contributed by atoms with Gasteiger partial charge in [-0.25, -0.2) is 8.78 Å². The lowest BCUT2D eigenvalue weighted by atomic mass is 10.1. The van der Waals surface area contributed by atoms with E-state index in [2.05, 4.69) is 5.32 Å². The Morgan fingerprint density at radius 2 is 2.13 bits per heavy atom. The van der Waals surface area contributed by atoms with Gasteiger partial charge in [0.25, 0.3) is 0 Å². The molecule has 82 valence electrons. The van der Waals surface area contributed by atoms with Crippen LogP contribution in [0.5, 0.6) is 0 Å². The minimum Gasteiger partial charge on any atom is -0.316 e. The van der Waals surface area contributed by atoms with E-state index in [1.165, 1.54) is 6.07 Å². The van der Waals surface area contributed by atoms with Crippen molar-refractivity contribution >= 4 is 6.08 Å². The monoisotopic (exact) mass is 211 g/mol. The van der Waals surface area contributed by atoms with E-state index >= 15 is 0 Å². The maximum Gasteiger partial charge on any atom is 0.166 e. The average molecular weight is 211 g/mol. The second-order valence-electron chi connectivity index (χ2n) is 3.33. The molecule has 0 aliphatic carbocycles. The molecule has 0 radical (unpaired) electrons. The Kier molecular flexibility index (Phi) is 4.43. The molecule has 1 rings (SSSR count). The molecule has 0 aliphatic rings. The highest BCUT2D eigenvalue weighted by atomic mass is 19.2. The van der Waals surface area contributed by atoms with Crippen LogP contribution in [0.25, 0.3) is 6.08 Å². The standard InChI is InChI=1S/C12H15F2N/c1-3-9(8-15-2)7-10-5-4-6-11(13)12(10)14/h4-7,15H,3,8H2,1-2H3. The number of benzene rings is 1. The first-order valence-electron chi connectivity index (χ1n) is 4.97. The number of hydrogen-bond donors (Lipinski definition) is 1. The second-order valence-corrected chi connectivity index (χ2v) is 3.33. The van der Waals surface area contributed by atoms with Crippen LogP contribution in [0.15, 0.2) is 23.8 Å². The van der Waals surface area contributed by atoms with Crippen molar-refractivity contribution in [1.82, 2.24) is 5.32 Å².